The Balaban J connectivity index is 2.63. The highest BCUT2D eigenvalue weighted by molar-refractivity contribution is 5.94. The molecule has 1 rings (SSSR count). The number of ether oxygens (including phenoxy) is 2. The molecule has 1 aromatic rings. The molecule has 0 saturated heterocycles. The molecule has 0 saturated carbocycles. The topological polar surface area (TPSA) is 84.9 Å². The van der Waals surface area contributed by atoms with Crippen molar-refractivity contribution in [3.63, 3.8) is 0 Å². The molecule has 0 aliphatic carbocycles. The van der Waals surface area contributed by atoms with Crippen LogP contribution < -0.4 is 10.1 Å². The largest absolute Gasteiger partial charge is 0.491 e. The summed E-state index contributed by atoms with van der Waals surface area (Å²) in [6.07, 6.45) is 0. The van der Waals surface area contributed by atoms with Crippen molar-refractivity contribution in [3.05, 3.63) is 24.3 Å². The molecule has 0 aliphatic rings. The molecule has 6 heteroatoms. The van der Waals surface area contributed by atoms with Crippen molar-refractivity contribution >= 4 is 17.6 Å². The molecule has 1 aromatic carbocycles. The standard InChI is InChI=1S/C15H21NO5/c1-10(11(2)15(18)19)14(17)16-12-5-4-6-13(9-12)21-8-7-20-3/h4-6,9-11H,7-8H2,1-3H3,(H,16,17)(H,18,19). The van der Waals surface area contributed by atoms with Crippen LogP contribution in [0, 0.1) is 11.8 Å². The first-order valence-corrected chi connectivity index (χ1v) is 6.71. The van der Waals surface area contributed by atoms with Crippen molar-refractivity contribution in [1.82, 2.24) is 0 Å². The molecule has 2 unspecified atom stereocenters. The molecule has 1 amide bonds. The Bertz CT molecular complexity index is 489. The molecule has 0 bridgehead atoms. The zero-order chi connectivity index (χ0) is 15.8. The molecule has 0 aromatic heterocycles. The number of carbonyl (C=O) groups is 2. The van der Waals surface area contributed by atoms with Crippen molar-refractivity contribution in [1.29, 1.82) is 0 Å². The van der Waals surface area contributed by atoms with Gasteiger partial charge < -0.3 is 19.9 Å². The van der Waals surface area contributed by atoms with E-state index < -0.39 is 17.8 Å². The molecular weight excluding hydrogens is 274 g/mol. The van der Waals surface area contributed by atoms with Crippen LogP contribution >= 0.6 is 0 Å². The van der Waals surface area contributed by atoms with Crippen molar-refractivity contribution in [2.45, 2.75) is 13.8 Å². The third-order valence-corrected chi connectivity index (χ3v) is 3.21. The van der Waals surface area contributed by atoms with Crippen LogP contribution in [0.5, 0.6) is 5.75 Å². The monoisotopic (exact) mass is 295 g/mol. The molecule has 6 nitrogen and oxygen atoms in total. The highest BCUT2D eigenvalue weighted by Crippen LogP contribution is 2.19. The van der Waals surface area contributed by atoms with Crippen LogP contribution in [0.15, 0.2) is 24.3 Å². The van der Waals surface area contributed by atoms with E-state index in [1.165, 1.54) is 6.92 Å². The summed E-state index contributed by atoms with van der Waals surface area (Å²) >= 11 is 0. The first-order valence-electron chi connectivity index (χ1n) is 6.71. The van der Waals surface area contributed by atoms with Gasteiger partial charge in [0, 0.05) is 24.8 Å². The average Bonchev–Trinajstić information content (AvgIpc) is 2.46. The molecule has 0 heterocycles. The predicted molar refractivity (Wildman–Crippen MR) is 78.4 cm³/mol. The molecule has 116 valence electrons. The van der Waals surface area contributed by atoms with Crippen LogP contribution in [-0.2, 0) is 14.3 Å². The summed E-state index contributed by atoms with van der Waals surface area (Å²) in [6.45, 7) is 3.99. The van der Waals surface area contributed by atoms with Gasteiger partial charge >= 0.3 is 5.97 Å². The van der Waals surface area contributed by atoms with Crippen LogP contribution in [0.2, 0.25) is 0 Å². The summed E-state index contributed by atoms with van der Waals surface area (Å²) in [6, 6.07) is 6.93. The zero-order valence-corrected chi connectivity index (χ0v) is 12.5. The van der Waals surface area contributed by atoms with E-state index in [4.69, 9.17) is 14.6 Å². The molecule has 0 radical (unpaired) electrons. The van der Waals surface area contributed by atoms with E-state index in [1.807, 2.05) is 0 Å². The van der Waals surface area contributed by atoms with Crippen LogP contribution in [-0.4, -0.2) is 37.3 Å². The summed E-state index contributed by atoms with van der Waals surface area (Å²) in [5, 5.41) is 11.6. The Labute approximate surface area is 124 Å². The van der Waals surface area contributed by atoms with E-state index in [-0.39, 0.29) is 5.91 Å². The van der Waals surface area contributed by atoms with E-state index in [0.29, 0.717) is 24.7 Å². The number of hydrogen-bond donors (Lipinski definition) is 2. The number of hydrogen-bond acceptors (Lipinski definition) is 4. The Morgan fingerprint density at radius 2 is 1.95 bits per heavy atom. The first-order chi connectivity index (χ1) is 9.95. The number of anilines is 1. The molecule has 2 N–H and O–H groups in total. The van der Waals surface area contributed by atoms with E-state index in [1.54, 1.807) is 38.3 Å². The zero-order valence-electron chi connectivity index (χ0n) is 12.5. The Hall–Kier alpha value is -2.08. The van der Waals surface area contributed by atoms with Crippen molar-refractivity contribution in [3.8, 4) is 5.75 Å². The number of aliphatic carboxylic acids is 1. The van der Waals surface area contributed by atoms with Gasteiger partial charge in [0.05, 0.1) is 12.5 Å². The molecular formula is C15H21NO5. The quantitative estimate of drug-likeness (QED) is 0.717. The molecule has 2 atom stereocenters. The summed E-state index contributed by atoms with van der Waals surface area (Å²) in [5.74, 6) is -2.08. The van der Waals surface area contributed by atoms with Gasteiger partial charge in [0.1, 0.15) is 12.4 Å². The highest BCUT2D eigenvalue weighted by atomic mass is 16.5. The first kappa shape index (κ1) is 17.0. The Morgan fingerprint density at radius 1 is 1.24 bits per heavy atom. The van der Waals surface area contributed by atoms with Crippen LogP contribution in [0.4, 0.5) is 5.69 Å². The van der Waals surface area contributed by atoms with Gasteiger partial charge in [0.25, 0.3) is 0 Å². The smallest absolute Gasteiger partial charge is 0.307 e. The maximum absolute atomic E-state index is 12.0. The van der Waals surface area contributed by atoms with Gasteiger partial charge in [0.15, 0.2) is 0 Å². The van der Waals surface area contributed by atoms with Crippen molar-refractivity contribution in [2.75, 3.05) is 25.6 Å². The van der Waals surface area contributed by atoms with E-state index in [2.05, 4.69) is 5.32 Å². The highest BCUT2D eigenvalue weighted by Gasteiger charge is 2.25. The van der Waals surface area contributed by atoms with Gasteiger partial charge in [-0.15, -0.1) is 0 Å². The van der Waals surface area contributed by atoms with Gasteiger partial charge in [-0.05, 0) is 12.1 Å². The van der Waals surface area contributed by atoms with Gasteiger partial charge in [-0.25, -0.2) is 0 Å². The minimum Gasteiger partial charge on any atom is -0.491 e. The van der Waals surface area contributed by atoms with E-state index in [0.717, 1.165) is 0 Å². The number of carboxylic acid groups (broad SMARTS) is 1. The predicted octanol–water partition coefficient (Wildman–Crippen LogP) is 2.01. The van der Waals surface area contributed by atoms with Gasteiger partial charge in [-0.1, -0.05) is 19.9 Å². The lowest BCUT2D eigenvalue weighted by Gasteiger charge is -2.16. The second kappa shape index (κ2) is 8.26. The number of carbonyl (C=O) groups excluding carboxylic acids is 1. The number of benzene rings is 1. The third-order valence-electron chi connectivity index (χ3n) is 3.21. The average molecular weight is 295 g/mol. The fourth-order valence-electron chi connectivity index (χ4n) is 1.60. The number of nitrogens with one attached hydrogen (secondary N) is 1. The van der Waals surface area contributed by atoms with E-state index >= 15 is 0 Å². The molecule has 0 aliphatic heterocycles. The Kier molecular flexibility index (Phi) is 6.68. The summed E-state index contributed by atoms with van der Waals surface area (Å²) in [5.41, 5.74) is 0.569. The second-order valence-electron chi connectivity index (χ2n) is 4.77. The van der Waals surface area contributed by atoms with Crippen molar-refractivity contribution < 1.29 is 24.2 Å². The lowest BCUT2D eigenvalue weighted by Crippen LogP contribution is -2.29. The summed E-state index contributed by atoms with van der Waals surface area (Å²) in [4.78, 5) is 22.9. The SMILES string of the molecule is COCCOc1cccc(NC(=O)C(C)C(C)C(=O)O)c1. The molecule has 21 heavy (non-hydrogen) atoms. The summed E-state index contributed by atoms with van der Waals surface area (Å²) in [7, 11) is 1.59. The minimum atomic E-state index is -0.991. The number of methoxy groups -OCH3 is 1. The number of rotatable bonds is 8. The molecule has 0 spiro atoms. The van der Waals surface area contributed by atoms with Crippen LogP contribution in [0.25, 0.3) is 0 Å². The second-order valence-corrected chi connectivity index (χ2v) is 4.77. The third kappa shape index (κ3) is 5.43. The Morgan fingerprint density at radius 3 is 2.57 bits per heavy atom. The fourth-order valence-corrected chi connectivity index (χ4v) is 1.60. The fraction of sp³-hybridized carbons (Fsp3) is 0.467. The van der Waals surface area contributed by atoms with Gasteiger partial charge in [-0.2, -0.15) is 0 Å². The molecule has 0 fully saturated rings. The minimum absolute atomic E-state index is 0.334. The number of carboxylic acids is 1. The normalized spacial score (nSPS) is 13.3. The van der Waals surface area contributed by atoms with Crippen LogP contribution in [0.3, 0.4) is 0 Å². The van der Waals surface area contributed by atoms with Gasteiger partial charge in [-0.3, -0.25) is 9.59 Å². The maximum atomic E-state index is 12.0. The van der Waals surface area contributed by atoms with Gasteiger partial charge in [0.2, 0.25) is 5.91 Å². The van der Waals surface area contributed by atoms with Crippen LogP contribution in [0.1, 0.15) is 13.8 Å². The lowest BCUT2D eigenvalue weighted by molar-refractivity contribution is -0.145. The van der Waals surface area contributed by atoms with Crippen molar-refractivity contribution in [2.24, 2.45) is 11.8 Å². The number of amides is 1. The lowest BCUT2D eigenvalue weighted by atomic mass is 9.95. The maximum Gasteiger partial charge on any atom is 0.307 e. The van der Waals surface area contributed by atoms with E-state index in [9.17, 15) is 9.59 Å². The summed E-state index contributed by atoms with van der Waals surface area (Å²) < 4.78 is 10.3.